The molecule has 1 heterocycles. The third-order valence-electron chi connectivity index (χ3n) is 7.66. The van der Waals surface area contributed by atoms with Gasteiger partial charge in [0.2, 0.25) is 0 Å². The molecule has 0 bridgehead atoms. The van der Waals surface area contributed by atoms with E-state index in [4.69, 9.17) is 9.47 Å². The standard InChI is InChI=1S/C35H34O7/c1-41-31-21-32-33(35(40)34(31)29(39)18-10-23-7-13-26(36)14-8-23)25(19-28(38)15-9-22-5-3-2-4-6-22)20-30(42-32)24-11-16-27(37)17-12-24/h2-8,10-14,16-18,21,25,28,30,36-38,40H,9,15,19-20H2,1H3. The van der Waals surface area contributed by atoms with Crippen LogP contribution < -0.4 is 9.47 Å². The summed E-state index contributed by atoms with van der Waals surface area (Å²) in [7, 11) is 1.42. The van der Waals surface area contributed by atoms with Crippen LogP contribution in [0.15, 0.2) is 91.0 Å². The lowest BCUT2D eigenvalue weighted by atomic mass is 9.81. The van der Waals surface area contributed by atoms with Crippen LogP contribution in [0, 0.1) is 0 Å². The highest BCUT2D eigenvalue weighted by Gasteiger charge is 2.36. The molecule has 0 fully saturated rings. The molecule has 0 saturated heterocycles. The second-order valence-electron chi connectivity index (χ2n) is 10.5. The first kappa shape index (κ1) is 28.8. The van der Waals surface area contributed by atoms with Gasteiger partial charge in [-0.25, -0.2) is 0 Å². The van der Waals surface area contributed by atoms with Crippen LogP contribution >= 0.6 is 0 Å². The lowest BCUT2D eigenvalue weighted by Gasteiger charge is -2.35. The highest BCUT2D eigenvalue weighted by atomic mass is 16.5. The average molecular weight is 567 g/mol. The van der Waals surface area contributed by atoms with Crippen LogP contribution in [0.4, 0.5) is 0 Å². The van der Waals surface area contributed by atoms with E-state index in [-0.39, 0.29) is 34.5 Å². The summed E-state index contributed by atoms with van der Waals surface area (Å²) in [6, 6.07) is 24.7. The first-order valence-electron chi connectivity index (χ1n) is 13.9. The minimum Gasteiger partial charge on any atom is -0.508 e. The fourth-order valence-corrected chi connectivity index (χ4v) is 5.48. The molecule has 7 nitrogen and oxygen atoms in total. The number of aromatic hydroxyl groups is 3. The fourth-order valence-electron chi connectivity index (χ4n) is 5.48. The number of phenolic OH excluding ortho intramolecular Hbond substituents is 3. The number of aliphatic hydroxyl groups excluding tert-OH is 1. The maximum Gasteiger partial charge on any atom is 0.193 e. The average Bonchev–Trinajstić information content (AvgIpc) is 3.00. The van der Waals surface area contributed by atoms with E-state index in [1.54, 1.807) is 48.5 Å². The second-order valence-corrected chi connectivity index (χ2v) is 10.5. The number of carbonyl (C=O) groups excluding carboxylic acids is 1. The van der Waals surface area contributed by atoms with Crippen molar-refractivity contribution in [3.05, 3.63) is 119 Å². The molecule has 4 aromatic carbocycles. The Hall–Kier alpha value is -4.75. The molecule has 7 heteroatoms. The summed E-state index contributed by atoms with van der Waals surface area (Å²) in [6.07, 6.45) is 3.95. The predicted molar refractivity (Wildman–Crippen MR) is 160 cm³/mol. The summed E-state index contributed by atoms with van der Waals surface area (Å²) in [4.78, 5) is 13.4. The van der Waals surface area contributed by atoms with Gasteiger partial charge >= 0.3 is 0 Å². The van der Waals surface area contributed by atoms with Gasteiger partial charge in [-0.3, -0.25) is 4.79 Å². The Morgan fingerprint density at radius 1 is 0.976 bits per heavy atom. The van der Waals surface area contributed by atoms with Crippen molar-refractivity contribution in [2.45, 2.75) is 43.8 Å². The number of ketones is 1. The zero-order valence-electron chi connectivity index (χ0n) is 23.3. The second kappa shape index (κ2) is 12.8. The molecular weight excluding hydrogens is 532 g/mol. The van der Waals surface area contributed by atoms with Crippen molar-refractivity contribution >= 4 is 11.9 Å². The number of methoxy groups -OCH3 is 1. The van der Waals surface area contributed by atoms with Crippen molar-refractivity contribution < 1.29 is 34.7 Å². The van der Waals surface area contributed by atoms with Crippen molar-refractivity contribution in [3.63, 3.8) is 0 Å². The number of ether oxygens (including phenoxy) is 2. The third kappa shape index (κ3) is 6.58. The van der Waals surface area contributed by atoms with Crippen molar-refractivity contribution in [3.8, 4) is 28.7 Å². The molecular formula is C35H34O7. The molecule has 3 atom stereocenters. The molecule has 0 aromatic heterocycles. The minimum absolute atomic E-state index is 0.0155. The molecule has 5 rings (SSSR count). The minimum atomic E-state index is -0.656. The Morgan fingerprint density at radius 3 is 2.31 bits per heavy atom. The molecule has 216 valence electrons. The molecule has 0 spiro atoms. The molecule has 1 aliphatic heterocycles. The van der Waals surface area contributed by atoms with Gasteiger partial charge in [-0.15, -0.1) is 0 Å². The molecule has 1 aliphatic rings. The van der Waals surface area contributed by atoms with Crippen LogP contribution in [0.25, 0.3) is 6.08 Å². The first-order valence-corrected chi connectivity index (χ1v) is 13.9. The van der Waals surface area contributed by atoms with Crippen molar-refractivity contribution in [2.75, 3.05) is 7.11 Å². The van der Waals surface area contributed by atoms with Crippen LogP contribution in [-0.4, -0.2) is 39.4 Å². The summed E-state index contributed by atoms with van der Waals surface area (Å²) in [5, 5.41) is 42.0. The van der Waals surface area contributed by atoms with Gasteiger partial charge in [-0.1, -0.05) is 60.7 Å². The SMILES string of the molecule is COc1cc2c(c(O)c1C(=O)C=Cc1ccc(O)cc1)C(CC(O)CCc1ccccc1)CC(c1ccc(O)cc1)O2. The Morgan fingerprint density at radius 2 is 1.64 bits per heavy atom. The maximum atomic E-state index is 13.4. The monoisotopic (exact) mass is 566 g/mol. The van der Waals surface area contributed by atoms with E-state index in [1.165, 1.54) is 25.3 Å². The Bertz CT molecular complexity index is 1540. The van der Waals surface area contributed by atoms with Gasteiger partial charge in [-0.2, -0.15) is 0 Å². The van der Waals surface area contributed by atoms with Gasteiger partial charge in [0.1, 0.15) is 40.4 Å². The molecule has 0 saturated carbocycles. The number of rotatable bonds is 10. The van der Waals surface area contributed by atoms with E-state index in [9.17, 15) is 25.2 Å². The van der Waals surface area contributed by atoms with Crippen LogP contribution in [-0.2, 0) is 6.42 Å². The van der Waals surface area contributed by atoms with Crippen LogP contribution in [0.1, 0.15) is 63.9 Å². The molecule has 3 unspecified atom stereocenters. The normalized spacial score (nSPS) is 16.9. The topological polar surface area (TPSA) is 116 Å². The van der Waals surface area contributed by atoms with E-state index < -0.39 is 18.0 Å². The largest absolute Gasteiger partial charge is 0.508 e. The summed E-state index contributed by atoms with van der Waals surface area (Å²) in [6.45, 7) is 0. The number of benzene rings is 4. The number of fused-ring (bicyclic) bond motifs is 1. The smallest absolute Gasteiger partial charge is 0.193 e. The van der Waals surface area contributed by atoms with Gasteiger partial charge in [0.05, 0.1) is 13.2 Å². The zero-order valence-corrected chi connectivity index (χ0v) is 23.3. The van der Waals surface area contributed by atoms with Gasteiger partial charge in [0, 0.05) is 11.6 Å². The molecule has 0 aliphatic carbocycles. The number of hydrogen-bond donors (Lipinski definition) is 4. The Kier molecular flexibility index (Phi) is 8.79. The Balaban J connectivity index is 1.48. The number of hydrogen-bond acceptors (Lipinski definition) is 7. The number of phenols is 3. The lowest BCUT2D eigenvalue weighted by molar-refractivity contribution is 0.103. The highest BCUT2D eigenvalue weighted by molar-refractivity contribution is 6.11. The van der Waals surface area contributed by atoms with Crippen LogP contribution in [0.3, 0.4) is 0 Å². The number of carbonyl (C=O) groups is 1. The summed E-state index contributed by atoms with van der Waals surface area (Å²) in [5.74, 6) is -0.190. The van der Waals surface area contributed by atoms with E-state index in [0.29, 0.717) is 42.6 Å². The van der Waals surface area contributed by atoms with E-state index in [1.807, 2.05) is 30.3 Å². The summed E-state index contributed by atoms with van der Waals surface area (Å²) in [5.41, 5.74) is 3.16. The van der Waals surface area contributed by atoms with Gasteiger partial charge in [-0.05, 0) is 78.6 Å². The molecule has 42 heavy (non-hydrogen) atoms. The number of aliphatic hydroxyl groups is 1. The van der Waals surface area contributed by atoms with Gasteiger partial charge in [0.25, 0.3) is 0 Å². The molecule has 0 radical (unpaired) electrons. The maximum absolute atomic E-state index is 13.4. The van der Waals surface area contributed by atoms with Crippen molar-refractivity contribution in [2.24, 2.45) is 0 Å². The van der Waals surface area contributed by atoms with E-state index in [2.05, 4.69) is 0 Å². The third-order valence-corrected chi connectivity index (χ3v) is 7.66. The zero-order chi connectivity index (χ0) is 29.6. The van der Waals surface area contributed by atoms with Crippen LogP contribution in [0.5, 0.6) is 28.7 Å². The van der Waals surface area contributed by atoms with E-state index in [0.717, 1.165) is 11.1 Å². The molecule has 4 aromatic rings. The van der Waals surface area contributed by atoms with Gasteiger partial charge < -0.3 is 29.9 Å². The number of allylic oxidation sites excluding steroid dienone is 1. The van der Waals surface area contributed by atoms with Crippen molar-refractivity contribution in [1.29, 1.82) is 0 Å². The quantitative estimate of drug-likeness (QED) is 0.125. The fraction of sp³-hybridized carbons (Fsp3) is 0.229. The summed E-state index contributed by atoms with van der Waals surface area (Å²) < 4.78 is 11.9. The molecule has 4 N–H and O–H groups in total. The number of aryl methyl sites for hydroxylation is 1. The van der Waals surface area contributed by atoms with Crippen LogP contribution in [0.2, 0.25) is 0 Å². The Labute approximate surface area is 244 Å². The molecule has 0 amide bonds. The first-order chi connectivity index (χ1) is 20.3. The lowest BCUT2D eigenvalue weighted by Crippen LogP contribution is -2.23. The van der Waals surface area contributed by atoms with Gasteiger partial charge in [0.15, 0.2) is 5.78 Å². The van der Waals surface area contributed by atoms with E-state index >= 15 is 0 Å². The van der Waals surface area contributed by atoms with Crippen molar-refractivity contribution in [1.82, 2.24) is 0 Å². The highest BCUT2D eigenvalue weighted by Crippen LogP contribution is 2.51. The predicted octanol–water partition coefficient (Wildman–Crippen LogP) is 6.70. The summed E-state index contributed by atoms with van der Waals surface area (Å²) >= 11 is 0.